The first-order chi connectivity index (χ1) is 15.5. The number of methoxy groups -OCH3 is 1. The second-order valence-corrected chi connectivity index (χ2v) is 6.82. The molecular formula is C25H37N3O4. The molecule has 0 aliphatic rings. The molecule has 0 fully saturated rings. The zero-order chi connectivity index (χ0) is 23.9. The zero-order valence-electron chi connectivity index (χ0n) is 20.2. The highest BCUT2D eigenvalue weighted by Gasteiger charge is 2.13. The van der Waals surface area contributed by atoms with E-state index in [1.54, 1.807) is 19.2 Å². The van der Waals surface area contributed by atoms with Gasteiger partial charge in [0.25, 0.3) is 5.91 Å². The number of nitrogens with zero attached hydrogens (tertiary/aromatic N) is 1. The van der Waals surface area contributed by atoms with Gasteiger partial charge in [-0.25, -0.2) is 4.98 Å². The molecule has 2 aromatic heterocycles. The Hall–Kier alpha value is -3.06. The van der Waals surface area contributed by atoms with Crippen LogP contribution in [0.1, 0.15) is 69.3 Å². The monoisotopic (exact) mass is 443 g/mol. The molecule has 3 N–H and O–H groups in total. The molecule has 0 unspecified atom stereocenters. The quantitative estimate of drug-likeness (QED) is 0.462. The van der Waals surface area contributed by atoms with Crippen molar-refractivity contribution < 1.29 is 18.7 Å². The van der Waals surface area contributed by atoms with Crippen LogP contribution in [-0.4, -0.2) is 24.6 Å². The van der Waals surface area contributed by atoms with Gasteiger partial charge in [-0.3, -0.25) is 4.79 Å². The Morgan fingerprint density at radius 2 is 1.84 bits per heavy atom. The summed E-state index contributed by atoms with van der Waals surface area (Å²) in [5.74, 6) is 1.28. The summed E-state index contributed by atoms with van der Waals surface area (Å²) < 4.78 is 16.4. The van der Waals surface area contributed by atoms with E-state index in [0.29, 0.717) is 30.2 Å². The number of pyridine rings is 1. The lowest BCUT2D eigenvalue weighted by Crippen LogP contribution is -2.24. The maximum atomic E-state index is 12.4. The van der Waals surface area contributed by atoms with Gasteiger partial charge in [-0.2, -0.15) is 0 Å². The van der Waals surface area contributed by atoms with Gasteiger partial charge < -0.3 is 24.9 Å². The molecular weight excluding hydrogens is 406 g/mol. The Kier molecular flexibility index (Phi) is 12.5. The number of furan rings is 1. The van der Waals surface area contributed by atoms with Crippen molar-refractivity contribution in [3.63, 3.8) is 0 Å². The van der Waals surface area contributed by atoms with Crippen LogP contribution in [-0.2, 0) is 17.9 Å². The van der Waals surface area contributed by atoms with Gasteiger partial charge in [0.15, 0.2) is 0 Å². The highest BCUT2D eigenvalue weighted by atomic mass is 16.5. The van der Waals surface area contributed by atoms with Crippen molar-refractivity contribution in [2.45, 2.75) is 60.6 Å². The smallest absolute Gasteiger partial charge is 0.255 e. The van der Waals surface area contributed by atoms with E-state index >= 15 is 0 Å². The largest absolute Gasteiger partial charge is 0.493 e. The first kappa shape index (κ1) is 27.0. The van der Waals surface area contributed by atoms with Gasteiger partial charge >= 0.3 is 0 Å². The van der Waals surface area contributed by atoms with Crippen LogP contribution in [0, 0.1) is 0 Å². The van der Waals surface area contributed by atoms with Crippen LogP contribution >= 0.6 is 0 Å². The molecule has 0 saturated heterocycles. The lowest BCUT2D eigenvalue weighted by atomic mass is 10.2. The predicted octanol–water partition coefficient (Wildman–Crippen LogP) is 5.72. The van der Waals surface area contributed by atoms with Gasteiger partial charge in [-0.15, -0.1) is 0 Å². The first-order valence-corrected chi connectivity index (χ1v) is 11.2. The van der Waals surface area contributed by atoms with Crippen molar-refractivity contribution in [1.82, 2.24) is 10.3 Å². The Bertz CT molecular complexity index is 954. The molecule has 2 heterocycles. The summed E-state index contributed by atoms with van der Waals surface area (Å²) >= 11 is 0. The Morgan fingerprint density at radius 1 is 1.12 bits per heavy atom. The third-order valence-electron chi connectivity index (χ3n) is 3.96. The third-order valence-corrected chi connectivity index (χ3v) is 3.96. The lowest BCUT2D eigenvalue weighted by molar-refractivity contribution is 0.0948. The molecule has 32 heavy (non-hydrogen) atoms. The van der Waals surface area contributed by atoms with Crippen molar-refractivity contribution in [2.75, 3.05) is 19.5 Å². The minimum absolute atomic E-state index is 0.171. The molecule has 3 aromatic rings. The third kappa shape index (κ3) is 8.23. The number of carbonyl (C=O) groups excluding carboxylic acids is 1. The molecule has 0 spiro atoms. The highest BCUT2D eigenvalue weighted by Crippen LogP contribution is 2.24. The van der Waals surface area contributed by atoms with E-state index in [1.165, 1.54) is 6.42 Å². The van der Waals surface area contributed by atoms with E-state index in [0.717, 1.165) is 23.1 Å². The van der Waals surface area contributed by atoms with Crippen molar-refractivity contribution in [2.24, 2.45) is 0 Å². The number of benzene rings is 1. The minimum atomic E-state index is -0.309. The number of rotatable bonds is 8. The van der Waals surface area contributed by atoms with Gasteiger partial charge in [-0.05, 0) is 36.8 Å². The van der Waals surface area contributed by atoms with E-state index in [1.807, 2.05) is 38.1 Å². The van der Waals surface area contributed by atoms with Gasteiger partial charge in [-0.1, -0.05) is 41.0 Å². The standard InChI is InChI=1S/C20H23N3O4.C3H8.C2H6/c1-3-8-26-15-6-4-13-9-16(27-18(13)10-15)11-22-20(24)17-7-5-14(12-25-2)23-19(17)21;1-3-2;1-2/h4-7,9-10H,3,8,11-12H2,1-2H3,(H2,21,23)(H,22,24);3H2,1-2H3;1-2H3. The number of amides is 1. The second kappa shape index (κ2) is 14.9. The van der Waals surface area contributed by atoms with E-state index in [2.05, 4.69) is 31.1 Å². The van der Waals surface area contributed by atoms with Gasteiger partial charge in [0.1, 0.15) is 22.9 Å². The molecule has 7 heteroatoms. The summed E-state index contributed by atoms with van der Waals surface area (Å²) in [7, 11) is 1.57. The van der Waals surface area contributed by atoms with E-state index in [4.69, 9.17) is 19.6 Å². The Labute approximate surface area is 191 Å². The fraction of sp³-hybridized carbons (Fsp3) is 0.440. The molecule has 1 aromatic carbocycles. The van der Waals surface area contributed by atoms with Gasteiger partial charge in [0.05, 0.1) is 31.0 Å². The average molecular weight is 444 g/mol. The molecule has 0 aliphatic heterocycles. The number of hydrogen-bond acceptors (Lipinski definition) is 6. The SMILES string of the molecule is CC.CCC.CCCOc1ccc2cc(CNC(=O)c3ccc(COC)nc3N)oc2c1. The fourth-order valence-electron chi connectivity index (χ4n) is 2.66. The van der Waals surface area contributed by atoms with Crippen LogP contribution < -0.4 is 15.8 Å². The zero-order valence-corrected chi connectivity index (χ0v) is 20.2. The van der Waals surface area contributed by atoms with Gasteiger partial charge in [0.2, 0.25) is 0 Å². The number of anilines is 1. The first-order valence-electron chi connectivity index (χ1n) is 11.2. The number of fused-ring (bicyclic) bond motifs is 1. The van der Waals surface area contributed by atoms with Crippen molar-refractivity contribution in [3.8, 4) is 5.75 Å². The number of nitrogens with one attached hydrogen (secondary N) is 1. The van der Waals surface area contributed by atoms with E-state index in [9.17, 15) is 4.79 Å². The van der Waals surface area contributed by atoms with Crippen LogP contribution in [0.25, 0.3) is 11.0 Å². The normalized spacial score (nSPS) is 9.94. The van der Waals surface area contributed by atoms with Crippen LogP contribution in [0.4, 0.5) is 5.82 Å². The van der Waals surface area contributed by atoms with Crippen LogP contribution in [0.5, 0.6) is 5.75 Å². The molecule has 0 radical (unpaired) electrons. The number of nitrogens with two attached hydrogens (primary N) is 1. The molecule has 0 saturated carbocycles. The average Bonchev–Trinajstić information content (AvgIpc) is 3.20. The lowest BCUT2D eigenvalue weighted by Gasteiger charge is -2.07. The number of carbonyl (C=O) groups is 1. The van der Waals surface area contributed by atoms with Gasteiger partial charge in [0, 0.05) is 18.6 Å². The topological polar surface area (TPSA) is 99.6 Å². The number of hydrogen-bond donors (Lipinski definition) is 2. The maximum Gasteiger partial charge on any atom is 0.255 e. The fourth-order valence-corrected chi connectivity index (χ4v) is 2.66. The molecule has 3 rings (SSSR count). The van der Waals surface area contributed by atoms with E-state index in [-0.39, 0.29) is 18.3 Å². The number of ether oxygens (including phenoxy) is 2. The molecule has 176 valence electrons. The Morgan fingerprint density at radius 3 is 2.47 bits per heavy atom. The summed E-state index contributed by atoms with van der Waals surface area (Å²) in [6.45, 7) is 11.6. The van der Waals surface area contributed by atoms with E-state index < -0.39 is 0 Å². The van der Waals surface area contributed by atoms with Crippen LogP contribution in [0.15, 0.2) is 40.8 Å². The summed E-state index contributed by atoms with van der Waals surface area (Å²) in [6.07, 6.45) is 2.19. The van der Waals surface area contributed by atoms with Crippen molar-refractivity contribution >= 4 is 22.7 Å². The summed E-state index contributed by atoms with van der Waals surface area (Å²) in [6, 6.07) is 10.9. The highest BCUT2D eigenvalue weighted by molar-refractivity contribution is 5.98. The molecule has 7 nitrogen and oxygen atoms in total. The molecule has 0 aliphatic carbocycles. The summed E-state index contributed by atoms with van der Waals surface area (Å²) in [5, 5.41) is 3.75. The second-order valence-electron chi connectivity index (χ2n) is 6.82. The summed E-state index contributed by atoms with van der Waals surface area (Å²) in [4.78, 5) is 16.5. The van der Waals surface area contributed by atoms with Crippen LogP contribution in [0.2, 0.25) is 0 Å². The molecule has 0 atom stereocenters. The van der Waals surface area contributed by atoms with Crippen LogP contribution in [0.3, 0.4) is 0 Å². The van der Waals surface area contributed by atoms with Crippen molar-refractivity contribution in [1.29, 1.82) is 0 Å². The maximum absolute atomic E-state index is 12.4. The molecule has 1 amide bonds. The molecule has 0 bridgehead atoms. The summed E-state index contributed by atoms with van der Waals surface area (Å²) in [5.41, 5.74) is 7.59. The predicted molar refractivity (Wildman–Crippen MR) is 130 cm³/mol. The number of nitrogen functional groups attached to an aromatic ring is 1. The number of aromatic nitrogens is 1. The minimum Gasteiger partial charge on any atom is -0.493 e. The van der Waals surface area contributed by atoms with Crippen molar-refractivity contribution in [3.05, 3.63) is 53.4 Å². The Balaban J connectivity index is 0.000000944.